The number of hydrogen-bond acceptors (Lipinski definition) is 4. The highest BCUT2D eigenvalue weighted by molar-refractivity contribution is 7.17. The monoisotopic (exact) mass is 304 g/mol. The maximum Gasteiger partial charge on any atom is 0.250 e. The van der Waals surface area contributed by atoms with E-state index in [0.717, 1.165) is 11.3 Å². The molecule has 1 heterocycles. The molecule has 6 heteroatoms. The lowest BCUT2D eigenvalue weighted by molar-refractivity contribution is -0.111. The molecule has 1 aromatic carbocycles. The largest absolute Gasteiger partial charge is 0.298 e. The van der Waals surface area contributed by atoms with Gasteiger partial charge in [-0.2, -0.15) is 0 Å². The summed E-state index contributed by atoms with van der Waals surface area (Å²) in [4.78, 5) is 27.7. The van der Waals surface area contributed by atoms with E-state index in [1.165, 1.54) is 25.1 Å². The molecule has 0 bridgehead atoms. The second-order valence-corrected chi connectivity index (χ2v) is 5.36. The van der Waals surface area contributed by atoms with Crippen molar-refractivity contribution in [3.8, 4) is 0 Å². The Morgan fingerprint density at radius 2 is 1.95 bits per heavy atom. The molecule has 0 radical (unpaired) electrons. The molecule has 1 N–H and O–H groups in total. The number of nitrogens with one attached hydrogen (secondary N) is 1. The van der Waals surface area contributed by atoms with E-state index < -0.39 is 0 Å². The molecule has 0 atom stereocenters. The molecule has 1 aromatic heterocycles. The number of nitrogens with zero attached hydrogens (tertiary/aromatic N) is 1. The highest BCUT2D eigenvalue weighted by Gasteiger charge is 2.12. The minimum absolute atomic E-state index is 0.0765. The molecule has 0 aliphatic carbocycles. The number of anilines is 1. The van der Waals surface area contributed by atoms with Gasteiger partial charge in [-0.1, -0.05) is 23.5 Å². The number of aromatic nitrogens is 1. The molecule has 2 rings (SSSR count). The number of carbonyl (C=O) groups excluding carboxylic acids is 2. The Labute approximate surface area is 125 Å². The van der Waals surface area contributed by atoms with Crippen molar-refractivity contribution in [2.24, 2.45) is 0 Å². The Morgan fingerprint density at radius 1 is 1.29 bits per heavy atom. The SMILES string of the molecule is CC(=O)c1sc(NC(=O)/C=C/c2ccc(F)cc2)nc1C. The van der Waals surface area contributed by atoms with Gasteiger partial charge in [0.2, 0.25) is 5.91 Å². The summed E-state index contributed by atoms with van der Waals surface area (Å²) >= 11 is 1.14. The first kappa shape index (κ1) is 15.1. The highest BCUT2D eigenvalue weighted by atomic mass is 32.1. The molecule has 4 nitrogen and oxygen atoms in total. The van der Waals surface area contributed by atoms with Gasteiger partial charge in [-0.25, -0.2) is 9.37 Å². The molecule has 0 saturated heterocycles. The van der Waals surface area contributed by atoms with Crippen LogP contribution in [0.2, 0.25) is 0 Å². The summed E-state index contributed by atoms with van der Waals surface area (Å²) in [6.45, 7) is 3.18. The van der Waals surface area contributed by atoms with Gasteiger partial charge in [0.15, 0.2) is 10.9 Å². The smallest absolute Gasteiger partial charge is 0.250 e. The Bertz CT molecular complexity index is 705. The van der Waals surface area contributed by atoms with Crippen LogP contribution in [0.25, 0.3) is 6.08 Å². The van der Waals surface area contributed by atoms with Crippen LogP contribution in [0.5, 0.6) is 0 Å². The zero-order valence-corrected chi connectivity index (χ0v) is 12.3. The lowest BCUT2D eigenvalue weighted by Crippen LogP contribution is -2.07. The molecule has 108 valence electrons. The van der Waals surface area contributed by atoms with Crippen LogP contribution in [0.3, 0.4) is 0 Å². The van der Waals surface area contributed by atoms with Gasteiger partial charge in [0.25, 0.3) is 0 Å². The number of hydrogen-bond donors (Lipinski definition) is 1. The number of ketones is 1. The Morgan fingerprint density at radius 3 is 2.52 bits per heavy atom. The molecule has 0 aliphatic rings. The standard InChI is InChI=1S/C15H13FN2O2S/c1-9-14(10(2)19)21-15(17-9)18-13(20)8-5-11-3-6-12(16)7-4-11/h3-8H,1-2H3,(H,17,18,20)/b8-5+. The van der Waals surface area contributed by atoms with Crippen LogP contribution in [0, 0.1) is 12.7 Å². The lowest BCUT2D eigenvalue weighted by atomic mass is 10.2. The third-order valence-corrected chi connectivity index (χ3v) is 3.82. The van der Waals surface area contributed by atoms with E-state index in [0.29, 0.717) is 21.3 Å². The van der Waals surface area contributed by atoms with Gasteiger partial charge in [0.1, 0.15) is 5.82 Å². The zero-order chi connectivity index (χ0) is 15.4. The Hall–Kier alpha value is -2.34. The summed E-state index contributed by atoms with van der Waals surface area (Å²) in [6, 6.07) is 5.78. The number of aryl methyl sites for hydroxylation is 1. The number of rotatable bonds is 4. The van der Waals surface area contributed by atoms with Gasteiger partial charge in [-0.15, -0.1) is 0 Å². The molecular weight excluding hydrogens is 291 g/mol. The fourth-order valence-electron chi connectivity index (χ4n) is 1.67. The van der Waals surface area contributed by atoms with Gasteiger partial charge in [-0.3, -0.25) is 14.9 Å². The van der Waals surface area contributed by atoms with Crippen LogP contribution in [0.15, 0.2) is 30.3 Å². The van der Waals surface area contributed by atoms with Crippen LogP contribution < -0.4 is 5.32 Å². The van der Waals surface area contributed by atoms with Crippen molar-refractivity contribution in [3.63, 3.8) is 0 Å². The van der Waals surface area contributed by atoms with E-state index in [1.807, 2.05) is 0 Å². The van der Waals surface area contributed by atoms with E-state index in [1.54, 1.807) is 25.1 Å². The first-order valence-electron chi connectivity index (χ1n) is 6.18. The number of halogens is 1. The first-order chi connectivity index (χ1) is 9.95. The predicted octanol–water partition coefficient (Wildman–Crippen LogP) is 3.45. The summed E-state index contributed by atoms with van der Waals surface area (Å²) in [5, 5.41) is 2.98. The number of amides is 1. The number of thiazole rings is 1. The number of benzene rings is 1. The molecule has 0 unspecified atom stereocenters. The third-order valence-electron chi connectivity index (χ3n) is 2.64. The van der Waals surface area contributed by atoms with Crippen molar-refractivity contribution < 1.29 is 14.0 Å². The highest BCUT2D eigenvalue weighted by Crippen LogP contribution is 2.22. The van der Waals surface area contributed by atoms with Crippen molar-refractivity contribution in [1.82, 2.24) is 4.98 Å². The van der Waals surface area contributed by atoms with Crippen LogP contribution >= 0.6 is 11.3 Å². The first-order valence-corrected chi connectivity index (χ1v) is 7.00. The topological polar surface area (TPSA) is 59.1 Å². The Balaban J connectivity index is 2.03. The summed E-state index contributed by atoms with van der Waals surface area (Å²) in [5.41, 5.74) is 1.32. The zero-order valence-electron chi connectivity index (χ0n) is 11.5. The van der Waals surface area contributed by atoms with E-state index in [-0.39, 0.29) is 17.5 Å². The average molecular weight is 304 g/mol. The molecule has 0 spiro atoms. The maximum atomic E-state index is 12.7. The van der Waals surface area contributed by atoms with Crippen LogP contribution in [0.1, 0.15) is 27.9 Å². The molecule has 21 heavy (non-hydrogen) atoms. The van der Waals surface area contributed by atoms with Gasteiger partial charge >= 0.3 is 0 Å². The molecule has 0 saturated carbocycles. The minimum Gasteiger partial charge on any atom is -0.298 e. The van der Waals surface area contributed by atoms with Crippen molar-refractivity contribution >= 4 is 34.2 Å². The second-order valence-electron chi connectivity index (χ2n) is 4.36. The van der Waals surface area contributed by atoms with Gasteiger partial charge in [-0.05, 0) is 30.7 Å². The van der Waals surface area contributed by atoms with Gasteiger partial charge in [0.05, 0.1) is 10.6 Å². The van der Waals surface area contributed by atoms with E-state index in [2.05, 4.69) is 10.3 Å². The van der Waals surface area contributed by atoms with Gasteiger partial charge in [0, 0.05) is 13.0 Å². The fraction of sp³-hybridized carbons (Fsp3) is 0.133. The van der Waals surface area contributed by atoms with E-state index >= 15 is 0 Å². The molecule has 1 amide bonds. The summed E-state index contributed by atoms with van der Waals surface area (Å²) in [5.74, 6) is -0.762. The minimum atomic E-state index is -0.358. The Kier molecular flexibility index (Phi) is 4.59. The molecule has 2 aromatic rings. The van der Waals surface area contributed by atoms with Crippen LogP contribution in [-0.2, 0) is 4.79 Å². The van der Waals surface area contributed by atoms with Crippen LogP contribution in [-0.4, -0.2) is 16.7 Å². The predicted molar refractivity (Wildman–Crippen MR) is 80.9 cm³/mol. The van der Waals surface area contributed by atoms with Crippen LogP contribution in [0.4, 0.5) is 9.52 Å². The lowest BCUT2D eigenvalue weighted by Gasteiger charge is -1.96. The van der Waals surface area contributed by atoms with E-state index in [9.17, 15) is 14.0 Å². The number of Topliss-reactive ketones (excluding diaryl/α,β-unsaturated/α-hetero) is 1. The van der Waals surface area contributed by atoms with Crippen molar-refractivity contribution in [1.29, 1.82) is 0 Å². The average Bonchev–Trinajstić information content (AvgIpc) is 2.79. The fourth-order valence-corrected chi connectivity index (χ4v) is 2.53. The van der Waals surface area contributed by atoms with Crippen molar-refractivity contribution in [2.75, 3.05) is 5.32 Å². The molecule has 0 fully saturated rings. The molecular formula is C15H13FN2O2S. The summed E-state index contributed by atoms with van der Waals surface area (Å²) in [7, 11) is 0. The quantitative estimate of drug-likeness (QED) is 0.695. The summed E-state index contributed by atoms with van der Waals surface area (Å²) < 4.78 is 12.7. The maximum absolute atomic E-state index is 12.7. The van der Waals surface area contributed by atoms with Crippen molar-refractivity contribution in [3.05, 3.63) is 52.3 Å². The van der Waals surface area contributed by atoms with Gasteiger partial charge < -0.3 is 0 Å². The third kappa shape index (κ3) is 4.06. The summed E-state index contributed by atoms with van der Waals surface area (Å²) in [6.07, 6.45) is 2.90. The second kappa shape index (κ2) is 6.41. The van der Waals surface area contributed by atoms with E-state index in [4.69, 9.17) is 0 Å². The number of carbonyl (C=O) groups is 2. The van der Waals surface area contributed by atoms with Crippen molar-refractivity contribution in [2.45, 2.75) is 13.8 Å². The normalized spacial score (nSPS) is 10.8. The molecule has 0 aliphatic heterocycles.